The van der Waals surface area contributed by atoms with Crippen LogP contribution in [0.1, 0.15) is 48.4 Å². The number of nitrogens with zero attached hydrogens (tertiary/aromatic N) is 6. The molecule has 0 spiro atoms. The van der Waals surface area contributed by atoms with Crippen molar-refractivity contribution in [3.8, 4) is 11.6 Å². The fourth-order valence-corrected chi connectivity index (χ4v) is 2.82. The third kappa shape index (κ3) is 4.80. The van der Waals surface area contributed by atoms with Crippen molar-refractivity contribution in [1.29, 1.82) is 0 Å². The number of rotatable bonds is 9. The summed E-state index contributed by atoms with van der Waals surface area (Å²) in [7, 11) is 1.64. The van der Waals surface area contributed by atoms with Gasteiger partial charge in [0.15, 0.2) is 5.69 Å². The van der Waals surface area contributed by atoms with Gasteiger partial charge in [0.25, 0.3) is 5.91 Å². The normalized spacial score (nSPS) is 11.5. The molecule has 0 saturated carbocycles. The summed E-state index contributed by atoms with van der Waals surface area (Å²) in [4.78, 5) is 12.6. The molecular formula is C19H24N8O3. The topological polar surface area (TPSA) is 146 Å². The fraction of sp³-hybridized carbons (Fsp3) is 0.368. The lowest BCUT2D eigenvalue weighted by Crippen LogP contribution is -2.21. The summed E-state index contributed by atoms with van der Waals surface area (Å²) in [5, 5.41) is 19.4. The molecule has 3 N–H and O–H groups in total. The number of carbonyl (C=O) groups is 1. The minimum atomic E-state index is -0.455. The number of nitrogens with one attached hydrogen (secondary N) is 1. The summed E-state index contributed by atoms with van der Waals surface area (Å²) in [5.74, 6) is 0.625. The number of nitrogen functional groups attached to an aromatic ring is 1. The van der Waals surface area contributed by atoms with Crippen molar-refractivity contribution in [3.63, 3.8) is 0 Å². The van der Waals surface area contributed by atoms with E-state index in [1.165, 1.54) is 4.68 Å². The van der Waals surface area contributed by atoms with Gasteiger partial charge in [-0.3, -0.25) is 4.79 Å². The van der Waals surface area contributed by atoms with Crippen LogP contribution in [0.25, 0.3) is 5.82 Å². The lowest BCUT2D eigenvalue weighted by molar-refractivity contribution is 0.0948. The van der Waals surface area contributed by atoms with Crippen LogP contribution < -0.4 is 15.9 Å². The summed E-state index contributed by atoms with van der Waals surface area (Å²) >= 11 is 0. The number of aryl methyl sites for hydroxylation is 1. The molecule has 0 aliphatic rings. The first kappa shape index (κ1) is 21.0. The number of ether oxygens (including phenoxy) is 1. The van der Waals surface area contributed by atoms with Crippen LogP contribution in [0.3, 0.4) is 0 Å². The molecule has 0 aliphatic heterocycles. The molecule has 2 heterocycles. The Morgan fingerprint density at radius 2 is 2.03 bits per heavy atom. The van der Waals surface area contributed by atoms with Crippen LogP contribution in [-0.4, -0.2) is 44.0 Å². The van der Waals surface area contributed by atoms with Crippen LogP contribution in [0.4, 0.5) is 5.82 Å². The lowest BCUT2D eigenvalue weighted by atomic mass is 10.1. The van der Waals surface area contributed by atoms with Crippen molar-refractivity contribution in [1.82, 2.24) is 30.7 Å². The Morgan fingerprint density at radius 1 is 1.27 bits per heavy atom. The molecule has 1 amide bonds. The van der Waals surface area contributed by atoms with E-state index in [0.717, 1.165) is 29.9 Å². The van der Waals surface area contributed by atoms with Gasteiger partial charge in [-0.25, -0.2) is 10.1 Å². The molecule has 11 nitrogen and oxygen atoms in total. The molecule has 3 aromatic rings. The van der Waals surface area contributed by atoms with Crippen LogP contribution >= 0.6 is 0 Å². The number of anilines is 1. The Labute approximate surface area is 173 Å². The maximum atomic E-state index is 12.6. The van der Waals surface area contributed by atoms with Crippen molar-refractivity contribution in [3.05, 3.63) is 41.2 Å². The molecule has 11 heteroatoms. The number of hydrazone groups is 1. The molecule has 2 aromatic heterocycles. The van der Waals surface area contributed by atoms with Gasteiger partial charge in [0.2, 0.25) is 11.6 Å². The van der Waals surface area contributed by atoms with Crippen molar-refractivity contribution in [2.45, 2.75) is 39.5 Å². The highest BCUT2D eigenvalue weighted by atomic mass is 16.6. The Balaban J connectivity index is 1.66. The number of aromatic nitrogens is 5. The van der Waals surface area contributed by atoms with Crippen LogP contribution in [0, 0.1) is 0 Å². The first-order valence-corrected chi connectivity index (χ1v) is 9.52. The lowest BCUT2D eigenvalue weighted by Gasteiger charge is -2.05. The largest absolute Gasteiger partial charge is 0.497 e. The molecule has 0 aliphatic carbocycles. The van der Waals surface area contributed by atoms with Crippen molar-refractivity contribution >= 4 is 17.4 Å². The Kier molecular flexibility index (Phi) is 6.73. The van der Waals surface area contributed by atoms with Gasteiger partial charge in [-0.2, -0.15) is 9.78 Å². The second kappa shape index (κ2) is 9.63. The van der Waals surface area contributed by atoms with Gasteiger partial charge in [0.1, 0.15) is 5.75 Å². The minimum Gasteiger partial charge on any atom is -0.497 e. The Bertz CT molecular complexity index is 1020. The van der Waals surface area contributed by atoms with Gasteiger partial charge in [-0.15, -0.1) is 5.10 Å². The van der Waals surface area contributed by atoms with Crippen molar-refractivity contribution in [2.75, 3.05) is 12.8 Å². The van der Waals surface area contributed by atoms with E-state index in [1.807, 2.05) is 38.1 Å². The second-order valence-electron chi connectivity index (χ2n) is 6.66. The van der Waals surface area contributed by atoms with Crippen molar-refractivity contribution < 1.29 is 14.2 Å². The number of benzene rings is 1. The van der Waals surface area contributed by atoms with E-state index in [0.29, 0.717) is 18.5 Å². The van der Waals surface area contributed by atoms with E-state index in [4.69, 9.17) is 10.5 Å². The van der Waals surface area contributed by atoms with E-state index in [1.54, 1.807) is 7.11 Å². The molecule has 1 aromatic carbocycles. The van der Waals surface area contributed by atoms with Gasteiger partial charge < -0.3 is 10.5 Å². The summed E-state index contributed by atoms with van der Waals surface area (Å²) in [6.45, 7) is 3.83. The molecule has 158 valence electrons. The zero-order valence-corrected chi connectivity index (χ0v) is 17.1. The van der Waals surface area contributed by atoms with E-state index >= 15 is 0 Å². The van der Waals surface area contributed by atoms with Gasteiger partial charge >= 0.3 is 0 Å². The highest BCUT2D eigenvalue weighted by Crippen LogP contribution is 2.17. The zero-order valence-electron chi connectivity index (χ0n) is 17.1. The van der Waals surface area contributed by atoms with Gasteiger partial charge in [0, 0.05) is 5.71 Å². The summed E-state index contributed by atoms with van der Waals surface area (Å²) in [5.41, 5.74) is 10.9. The quantitative estimate of drug-likeness (QED) is 0.400. The number of amides is 1. The predicted molar refractivity (Wildman–Crippen MR) is 110 cm³/mol. The molecule has 0 atom stereocenters. The monoisotopic (exact) mass is 412 g/mol. The highest BCUT2D eigenvalue weighted by molar-refractivity contribution is 5.94. The summed E-state index contributed by atoms with van der Waals surface area (Å²) in [6.07, 6.45) is 2.80. The molecule has 0 saturated heterocycles. The average molecular weight is 412 g/mol. The van der Waals surface area contributed by atoms with Crippen LogP contribution in [-0.2, 0) is 12.8 Å². The second-order valence-corrected chi connectivity index (χ2v) is 6.66. The van der Waals surface area contributed by atoms with E-state index < -0.39 is 5.91 Å². The number of hydrogen-bond donors (Lipinski definition) is 2. The minimum absolute atomic E-state index is 0.0663. The molecular weight excluding hydrogens is 388 g/mol. The molecule has 30 heavy (non-hydrogen) atoms. The third-order valence-electron chi connectivity index (χ3n) is 4.44. The Hall–Kier alpha value is -3.76. The number of hydrogen-bond acceptors (Lipinski definition) is 9. The van der Waals surface area contributed by atoms with E-state index in [2.05, 4.69) is 35.8 Å². The zero-order chi connectivity index (χ0) is 21.5. The number of nitrogens with two attached hydrogens (primary N) is 1. The SMILES string of the molecule is CCCc1c(C(=O)N/N=C(/C)CCc2ccc(OC)cc2)nnn1-c1nonc1N. The summed E-state index contributed by atoms with van der Waals surface area (Å²) < 4.78 is 11.1. The van der Waals surface area contributed by atoms with Gasteiger partial charge in [-0.05, 0) is 54.2 Å². The third-order valence-corrected chi connectivity index (χ3v) is 4.44. The molecule has 0 unspecified atom stereocenters. The van der Waals surface area contributed by atoms with E-state index in [9.17, 15) is 4.79 Å². The predicted octanol–water partition coefficient (Wildman–Crippen LogP) is 1.93. The van der Waals surface area contributed by atoms with Gasteiger partial charge in [0.05, 0.1) is 12.8 Å². The van der Waals surface area contributed by atoms with Crippen LogP contribution in [0.2, 0.25) is 0 Å². The molecule has 3 rings (SSSR count). The number of methoxy groups -OCH3 is 1. The van der Waals surface area contributed by atoms with Crippen LogP contribution in [0.15, 0.2) is 34.0 Å². The number of carbonyl (C=O) groups excluding carboxylic acids is 1. The average Bonchev–Trinajstić information content (AvgIpc) is 3.37. The maximum absolute atomic E-state index is 12.6. The van der Waals surface area contributed by atoms with Crippen LogP contribution in [0.5, 0.6) is 5.75 Å². The fourth-order valence-electron chi connectivity index (χ4n) is 2.82. The smallest absolute Gasteiger partial charge is 0.293 e. The maximum Gasteiger partial charge on any atom is 0.293 e. The first-order chi connectivity index (χ1) is 14.5. The highest BCUT2D eigenvalue weighted by Gasteiger charge is 2.23. The van der Waals surface area contributed by atoms with Gasteiger partial charge in [-0.1, -0.05) is 30.7 Å². The molecule has 0 bridgehead atoms. The molecule has 0 radical (unpaired) electrons. The molecule has 0 fully saturated rings. The first-order valence-electron chi connectivity index (χ1n) is 9.52. The van der Waals surface area contributed by atoms with Crippen molar-refractivity contribution in [2.24, 2.45) is 5.10 Å². The Morgan fingerprint density at radius 3 is 2.67 bits per heavy atom. The standard InChI is InChI=1S/C19H24N8O3/c1-4-5-15-16(22-26-27(15)18-17(20)24-30-25-18)19(28)23-21-12(2)6-7-13-8-10-14(29-3)11-9-13/h8-11H,4-7H2,1-3H3,(H2,20,24)(H,23,28)/b21-12-. The van der Waals surface area contributed by atoms with E-state index in [-0.39, 0.29) is 17.3 Å². The summed E-state index contributed by atoms with van der Waals surface area (Å²) in [6, 6.07) is 7.84.